The van der Waals surface area contributed by atoms with Crippen molar-refractivity contribution in [1.29, 1.82) is 0 Å². The average molecular weight is 232 g/mol. The number of hydrogen-bond donors (Lipinski definition) is 3. The third-order valence-electron chi connectivity index (χ3n) is 1.49. The lowest BCUT2D eigenvalue weighted by molar-refractivity contribution is 1.11. The molecule has 0 spiro atoms. The monoisotopic (exact) mass is 232 g/mol. The molecule has 5 heteroatoms. The van der Waals surface area contributed by atoms with E-state index in [1.54, 1.807) is 0 Å². The largest absolute Gasteiger partial charge is 0.368 e. The summed E-state index contributed by atoms with van der Waals surface area (Å²) in [5.74, 6) is 0. The maximum Gasteiger partial charge on any atom is 0.000496 e. The standard InChI is InChI=1S/3C4H5N.B.FH/c3*1-2-4-5-3-1;;/h3*1-5H;;1H. The van der Waals surface area contributed by atoms with E-state index in [9.17, 15) is 0 Å². The van der Waals surface area contributed by atoms with E-state index in [1.807, 2.05) is 73.6 Å². The molecule has 3 rings (SSSR count). The SMILES string of the molecule is F.[B].c1cc[nH]c1.c1cc[nH]c1.c1cc[nH]c1. The molecule has 0 saturated heterocycles. The second-order valence-electron chi connectivity index (χ2n) is 2.65. The molecule has 0 amide bonds. The van der Waals surface area contributed by atoms with Crippen molar-refractivity contribution in [3.05, 3.63) is 73.6 Å². The van der Waals surface area contributed by atoms with E-state index in [2.05, 4.69) is 15.0 Å². The molecular formula is C12H16BFN3. The van der Waals surface area contributed by atoms with Crippen molar-refractivity contribution in [2.75, 3.05) is 0 Å². The maximum atomic E-state index is 2.86. The number of halogens is 1. The van der Waals surface area contributed by atoms with Crippen LogP contribution >= 0.6 is 0 Å². The second-order valence-corrected chi connectivity index (χ2v) is 2.65. The van der Waals surface area contributed by atoms with Crippen LogP contribution in [0.2, 0.25) is 0 Å². The molecule has 3 aromatic heterocycles. The molecule has 3 N–H and O–H groups in total. The van der Waals surface area contributed by atoms with Crippen molar-refractivity contribution in [1.82, 2.24) is 15.0 Å². The molecule has 0 atom stereocenters. The maximum absolute atomic E-state index is 2.86. The van der Waals surface area contributed by atoms with Gasteiger partial charge in [-0.05, 0) is 36.4 Å². The van der Waals surface area contributed by atoms with E-state index in [1.165, 1.54) is 0 Å². The summed E-state index contributed by atoms with van der Waals surface area (Å²) in [6, 6.07) is 11.7. The summed E-state index contributed by atoms with van der Waals surface area (Å²) in [7, 11) is 0. The second kappa shape index (κ2) is 13.8. The van der Waals surface area contributed by atoms with Crippen molar-refractivity contribution in [3.63, 3.8) is 0 Å². The van der Waals surface area contributed by atoms with Gasteiger partial charge in [-0.2, -0.15) is 0 Å². The molecule has 89 valence electrons. The predicted octanol–water partition coefficient (Wildman–Crippen LogP) is 2.82. The van der Waals surface area contributed by atoms with Crippen LogP contribution in [-0.4, -0.2) is 23.4 Å². The van der Waals surface area contributed by atoms with Gasteiger partial charge in [-0.3, -0.25) is 4.70 Å². The van der Waals surface area contributed by atoms with Crippen molar-refractivity contribution in [3.8, 4) is 0 Å². The zero-order chi connectivity index (χ0) is 10.6. The molecule has 17 heavy (non-hydrogen) atoms. The van der Waals surface area contributed by atoms with Crippen LogP contribution in [0.15, 0.2) is 73.6 Å². The Morgan fingerprint density at radius 3 is 0.647 bits per heavy atom. The summed E-state index contributed by atoms with van der Waals surface area (Å²) in [5, 5.41) is 0. The molecule has 3 aromatic rings. The Kier molecular flexibility index (Phi) is 14.0. The Hall–Kier alpha value is -2.17. The van der Waals surface area contributed by atoms with Gasteiger partial charge in [0.1, 0.15) is 0 Å². The molecule has 0 fully saturated rings. The lowest BCUT2D eigenvalue weighted by atomic mass is 10.7. The van der Waals surface area contributed by atoms with Crippen molar-refractivity contribution in [2.45, 2.75) is 0 Å². The zero-order valence-electron chi connectivity index (χ0n) is 9.41. The summed E-state index contributed by atoms with van der Waals surface area (Å²) in [6.07, 6.45) is 11.2. The first-order chi connectivity index (χ1) is 7.50. The molecule has 0 unspecified atom stereocenters. The van der Waals surface area contributed by atoms with Gasteiger partial charge >= 0.3 is 0 Å². The summed E-state index contributed by atoms with van der Waals surface area (Å²) in [6.45, 7) is 0. The Bertz CT molecular complexity index is 254. The molecular weight excluding hydrogens is 216 g/mol. The first-order valence-corrected chi connectivity index (χ1v) is 4.73. The number of rotatable bonds is 0. The Labute approximate surface area is 102 Å². The van der Waals surface area contributed by atoms with Crippen LogP contribution in [-0.2, 0) is 0 Å². The number of aromatic nitrogens is 3. The van der Waals surface area contributed by atoms with Crippen LogP contribution in [0.1, 0.15) is 0 Å². The lowest BCUT2D eigenvalue weighted by Crippen LogP contribution is -1.38. The van der Waals surface area contributed by atoms with E-state index < -0.39 is 0 Å². The Morgan fingerprint density at radius 2 is 0.588 bits per heavy atom. The number of hydrogen-bond acceptors (Lipinski definition) is 0. The van der Waals surface area contributed by atoms with Gasteiger partial charge < -0.3 is 15.0 Å². The minimum atomic E-state index is 0. The number of aromatic amines is 3. The van der Waals surface area contributed by atoms with E-state index in [0.29, 0.717) is 0 Å². The normalized spacial score (nSPS) is 7.06. The van der Waals surface area contributed by atoms with Crippen molar-refractivity contribution < 1.29 is 4.70 Å². The first kappa shape index (κ1) is 17.2. The average Bonchev–Trinajstić information content (AvgIpc) is 3.09. The molecule has 0 aliphatic rings. The van der Waals surface area contributed by atoms with Gasteiger partial charge in [-0.25, -0.2) is 0 Å². The van der Waals surface area contributed by atoms with Gasteiger partial charge in [0.25, 0.3) is 0 Å². The molecule has 0 aliphatic heterocycles. The van der Waals surface area contributed by atoms with Gasteiger partial charge in [0.15, 0.2) is 0 Å². The highest BCUT2D eigenvalue weighted by molar-refractivity contribution is 5.75. The predicted molar refractivity (Wildman–Crippen MR) is 70.6 cm³/mol. The molecule has 0 bridgehead atoms. The first-order valence-electron chi connectivity index (χ1n) is 4.73. The topological polar surface area (TPSA) is 47.4 Å². The molecule has 3 nitrogen and oxygen atoms in total. The van der Waals surface area contributed by atoms with Crippen LogP contribution in [0.25, 0.3) is 0 Å². The summed E-state index contributed by atoms with van der Waals surface area (Å²) < 4.78 is 0. The van der Waals surface area contributed by atoms with Crippen LogP contribution in [0, 0.1) is 0 Å². The van der Waals surface area contributed by atoms with E-state index in [4.69, 9.17) is 0 Å². The molecule has 0 saturated carbocycles. The highest BCUT2D eigenvalue weighted by Crippen LogP contribution is 1.73. The van der Waals surface area contributed by atoms with E-state index >= 15 is 0 Å². The minimum absolute atomic E-state index is 0. The van der Waals surface area contributed by atoms with Gasteiger partial charge in [0.2, 0.25) is 0 Å². The number of H-pyrrole nitrogens is 3. The van der Waals surface area contributed by atoms with Gasteiger partial charge in [0.05, 0.1) is 0 Å². The quantitative estimate of drug-likeness (QED) is 0.499. The van der Waals surface area contributed by atoms with Crippen LogP contribution in [0.5, 0.6) is 0 Å². The van der Waals surface area contributed by atoms with Crippen molar-refractivity contribution in [2.24, 2.45) is 0 Å². The van der Waals surface area contributed by atoms with Crippen LogP contribution in [0.4, 0.5) is 4.70 Å². The highest BCUT2D eigenvalue weighted by Gasteiger charge is 1.56. The van der Waals surface area contributed by atoms with Crippen molar-refractivity contribution >= 4 is 8.41 Å². The molecule has 3 radical (unpaired) electrons. The fourth-order valence-corrected chi connectivity index (χ4v) is 0.833. The van der Waals surface area contributed by atoms with E-state index in [0.717, 1.165) is 0 Å². The van der Waals surface area contributed by atoms with Crippen LogP contribution < -0.4 is 0 Å². The van der Waals surface area contributed by atoms with E-state index in [-0.39, 0.29) is 13.1 Å². The third kappa shape index (κ3) is 11.8. The summed E-state index contributed by atoms with van der Waals surface area (Å²) in [5.41, 5.74) is 0. The zero-order valence-corrected chi connectivity index (χ0v) is 9.41. The van der Waals surface area contributed by atoms with Gasteiger partial charge in [-0.1, -0.05) is 0 Å². The Morgan fingerprint density at radius 1 is 0.412 bits per heavy atom. The fourth-order valence-electron chi connectivity index (χ4n) is 0.833. The lowest BCUT2D eigenvalue weighted by Gasteiger charge is -1.49. The fraction of sp³-hybridized carbons (Fsp3) is 0. The molecule has 0 aromatic carbocycles. The minimum Gasteiger partial charge on any atom is -0.368 e. The van der Waals surface area contributed by atoms with Gasteiger partial charge in [-0.15, -0.1) is 0 Å². The smallest absolute Gasteiger partial charge is 0.000496 e. The molecule has 3 heterocycles. The Balaban J connectivity index is 0. The summed E-state index contributed by atoms with van der Waals surface area (Å²) in [4.78, 5) is 8.58. The van der Waals surface area contributed by atoms with Gasteiger partial charge in [0, 0.05) is 45.6 Å². The number of nitrogens with one attached hydrogen (secondary N) is 3. The highest BCUT2D eigenvalue weighted by atomic mass is 19.0. The third-order valence-corrected chi connectivity index (χ3v) is 1.49. The molecule has 0 aliphatic carbocycles. The van der Waals surface area contributed by atoms with Crippen LogP contribution in [0.3, 0.4) is 0 Å². The summed E-state index contributed by atoms with van der Waals surface area (Å²) >= 11 is 0.